The first-order chi connectivity index (χ1) is 14.3. The Kier molecular flexibility index (Phi) is 7.90. The molecule has 1 aromatic rings. The fraction of sp³-hybridized carbons (Fsp3) is 0.682. The van der Waals surface area contributed by atoms with Crippen molar-refractivity contribution in [3.8, 4) is 0 Å². The lowest BCUT2D eigenvalue weighted by molar-refractivity contribution is 0.0949. The van der Waals surface area contributed by atoms with Crippen molar-refractivity contribution in [3.63, 3.8) is 0 Å². The second-order valence-corrected chi connectivity index (χ2v) is 11.0. The zero-order chi connectivity index (χ0) is 21.7. The van der Waals surface area contributed by atoms with E-state index in [9.17, 15) is 13.2 Å². The molecule has 2 atom stereocenters. The number of sulfonamides is 1. The van der Waals surface area contributed by atoms with Gasteiger partial charge in [-0.15, -0.1) is 0 Å². The Labute approximate surface area is 181 Å². The van der Waals surface area contributed by atoms with Crippen LogP contribution in [-0.2, 0) is 10.0 Å². The number of piperidine rings is 1. The first-order valence-corrected chi connectivity index (χ1v) is 12.5. The number of carbonyl (C=O) groups excluding carboxylic acids is 1. The number of amides is 1. The number of hydrogen-bond donors (Lipinski definition) is 1. The van der Waals surface area contributed by atoms with Gasteiger partial charge in [-0.25, -0.2) is 8.42 Å². The molecule has 7 nitrogen and oxygen atoms in total. The lowest BCUT2D eigenvalue weighted by Crippen LogP contribution is -2.45. The predicted octanol–water partition coefficient (Wildman–Crippen LogP) is 1.72. The molecular weight excluding hydrogens is 400 g/mol. The highest BCUT2D eigenvalue weighted by atomic mass is 32.2. The van der Waals surface area contributed by atoms with Crippen LogP contribution in [0.2, 0.25) is 0 Å². The zero-order valence-electron chi connectivity index (χ0n) is 18.5. The molecule has 2 saturated heterocycles. The van der Waals surface area contributed by atoms with Crippen LogP contribution >= 0.6 is 0 Å². The molecule has 1 N–H and O–H groups in total. The van der Waals surface area contributed by atoms with Crippen molar-refractivity contribution in [2.75, 3.05) is 59.4 Å². The van der Waals surface area contributed by atoms with E-state index in [1.165, 1.54) is 0 Å². The predicted molar refractivity (Wildman–Crippen MR) is 119 cm³/mol. The Morgan fingerprint density at radius 1 is 1.03 bits per heavy atom. The summed E-state index contributed by atoms with van der Waals surface area (Å²) in [4.78, 5) is 17.4. The van der Waals surface area contributed by atoms with Crippen molar-refractivity contribution < 1.29 is 13.2 Å². The van der Waals surface area contributed by atoms with Gasteiger partial charge in [0, 0.05) is 51.4 Å². The van der Waals surface area contributed by atoms with E-state index in [-0.39, 0.29) is 10.8 Å². The maximum atomic E-state index is 13.0. The van der Waals surface area contributed by atoms with Crippen LogP contribution in [0.25, 0.3) is 0 Å². The Bertz CT molecular complexity index is 794. The minimum Gasteiger partial charge on any atom is -0.352 e. The second kappa shape index (κ2) is 10.2. The van der Waals surface area contributed by atoms with E-state index in [0.717, 1.165) is 45.6 Å². The summed E-state index contributed by atoms with van der Waals surface area (Å²) in [5.74, 6) is 0.566. The number of carbonyl (C=O) groups is 1. The molecular formula is C22H36N4O3S. The largest absolute Gasteiger partial charge is 0.352 e. The van der Waals surface area contributed by atoms with Gasteiger partial charge in [-0.05, 0) is 62.5 Å². The highest BCUT2D eigenvalue weighted by molar-refractivity contribution is 7.89. The van der Waals surface area contributed by atoms with Crippen LogP contribution in [-0.4, -0.2) is 87.8 Å². The molecule has 3 rings (SSSR count). The van der Waals surface area contributed by atoms with E-state index < -0.39 is 10.0 Å². The summed E-state index contributed by atoms with van der Waals surface area (Å²) < 4.78 is 27.5. The molecule has 2 unspecified atom stereocenters. The van der Waals surface area contributed by atoms with Gasteiger partial charge in [-0.3, -0.25) is 4.79 Å². The van der Waals surface area contributed by atoms with Gasteiger partial charge in [-0.1, -0.05) is 13.8 Å². The Morgan fingerprint density at radius 3 is 2.23 bits per heavy atom. The summed E-state index contributed by atoms with van der Waals surface area (Å²) in [6, 6.07) is 6.33. The molecule has 2 aliphatic rings. The summed E-state index contributed by atoms with van der Waals surface area (Å²) in [5.41, 5.74) is 0.494. The Morgan fingerprint density at radius 2 is 1.63 bits per heavy atom. The van der Waals surface area contributed by atoms with E-state index in [0.29, 0.717) is 37.0 Å². The highest BCUT2D eigenvalue weighted by Crippen LogP contribution is 2.26. The summed E-state index contributed by atoms with van der Waals surface area (Å²) >= 11 is 0. The minimum absolute atomic E-state index is 0.155. The Balaban J connectivity index is 1.49. The van der Waals surface area contributed by atoms with Crippen LogP contribution in [0.5, 0.6) is 0 Å². The van der Waals surface area contributed by atoms with Gasteiger partial charge in [0.05, 0.1) is 4.90 Å². The average Bonchev–Trinajstić information content (AvgIpc) is 2.71. The quantitative estimate of drug-likeness (QED) is 0.659. The fourth-order valence-corrected chi connectivity index (χ4v) is 6.09. The monoisotopic (exact) mass is 436 g/mol. The number of nitrogens with zero attached hydrogens (tertiary/aromatic N) is 3. The first kappa shape index (κ1) is 23.2. The lowest BCUT2D eigenvalue weighted by Gasteiger charge is -2.34. The van der Waals surface area contributed by atoms with Gasteiger partial charge < -0.3 is 15.1 Å². The van der Waals surface area contributed by atoms with Crippen molar-refractivity contribution in [1.29, 1.82) is 0 Å². The lowest BCUT2D eigenvalue weighted by atomic mass is 9.94. The van der Waals surface area contributed by atoms with Crippen molar-refractivity contribution in [2.24, 2.45) is 11.8 Å². The van der Waals surface area contributed by atoms with E-state index >= 15 is 0 Å². The van der Waals surface area contributed by atoms with Gasteiger partial charge in [0.25, 0.3) is 5.91 Å². The second-order valence-electron chi connectivity index (χ2n) is 9.05. The van der Waals surface area contributed by atoms with Crippen LogP contribution in [0, 0.1) is 11.8 Å². The fourth-order valence-electron chi connectivity index (χ4n) is 4.41. The third-order valence-electron chi connectivity index (χ3n) is 6.12. The molecule has 168 valence electrons. The molecule has 8 heteroatoms. The van der Waals surface area contributed by atoms with Gasteiger partial charge in [0.15, 0.2) is 0 Å². The van der Waals surface area contributed by atoms with Crippen LogP contribution < -0.4 is 5.32 Å². The highest BCUT2D eigenvalue weighted by Gasteiger charge is 2.31. The number of rotatable bonds is 7. The molecule has 0 bridgehead atoms. The summed E-state index contributed by atoms with van der Waals surface area (Å²) in [5, 5.41) is 2.94. The van der Waals surface area contributed by atoms with Gasteiger partial charge in [0.2, 0.25) is 10.0 Å². The van der Waals surface area contributed by atoms with Crippen LogP contribution in [0.4, 0.5) is 0 Å². The third-order valence-corrected chi connectivity index (χ3v) is 7.97. The standard InChI is InChI=1S/C22H36N4O3S/c1-18-15-19(2)17-26(16-18)30(28,29)21-7-5-20(6-8-21)22(27)23-9-4-10-25-13-11-24(3)12-14-25/h5-8,18-19H,4,9-17H2,1-3H3,(H,23,27). The summed E-state index contributed by atoms with van der Waals surface area (Å²) in [6.07, 6.45) is 1.97. The number of piperazine rings is 1. The Hall–Kier alpha value is -1.48. The molecule has 0 aliphatic carbocycles. The summed E-state index contributed by atoms with van der Waals surface area (Å²) in [7, 11) is -1.37. The van der Waals surface area contributed by atoms with Crippen molar-refractivity contribution in [3.05, 3.63) is 29.8 Å². The third kappa shape index (κ3) is 6.03. The molecule has 0 aromatic heterocycles. The molecule has 2 aliphatic heterocycles. The van der Waals surface area contributed by atoms with Crippen LogP contribution in [0.1, 0.15) is 37.0 Å². The number of hydrogen-bond acceptors (Lipinski definition) is 5. The van der Waals surface area contributed by atoms with E-state index in [2.05, 4.69) is 36.0 Å². The van der Waals surface area contributed by atoms with Gasteiger partial charge in [-0.2, -0.15) is 4.31 Å². The number of benzene rings is 1. The van der Waals surface area contributed by atoms with Crippen LogP contribution in [0.15, 0.2) is 29.2 Å². The molecule has 2 heterocycles. The van der Waals surface area contributed by atoms with Crippen molar-refractivity contribution >= 4 is 15.9 Å². The molecule has 0 saturated carbocycles. The van der Waals surface area contributed by atoms with Crippen molar-refractivity contribution in [2.45, 2.75) is 31.6 Å². The first-order valence-electron chi connectivity index (χ1n) is 11.0. The molecule has 1 amide bonds. The average molecular weight is 437 g/mol. The number of likely N-dealkylation sites (N-methyl/N-ethyl adjacent to an activating group) is 1. The van der Waals surface area contributed by atoms with Gasteiger partial charge >= 0.3 is 0 Å². The molecule has 2 fully saturated rings. The topological polar surface area (TPSA) is 73.0 Å². The maximum Gasteiger partial charge on any atom is 0.251 e. The normalized spacial score (nSPS) is 24.6. The van der Waals surface area contributed by atoms with E-state index in [4.69, 9.17) is 0 Å². The SMILES string of the molecule is CC1CC(C)CN(S(=O)(=O)c2ccc(C(=O)NCCCN3CCN(C)CC3)cc2)C1. The molecule has 30 heavy (non-hydrogen) atoms. The summed E-state index contributed by atoms with van der Waals surface area (Å²) in [6.45, 7) is 11.2. The number of nitrogens with one attached hydrogen (secondary N) is 1. The van der Waals surface area contributed by atoms with E-state index in [1.54, 1.807) is 28.6 Å². The minimum atomic E-state index is -3.51. The molecule has 0 spiro atoms. The van der Waals surface area contributed by atoms with E-state index in [1.807, 2.05) is 0 Å². The van der Waals surface area contributed by atoms with Crippen LogP contribution in [0.3, 0.4) is 0 Å². The molecule has 1 aromatic carbocycles. The van der Waals surface area contributed by atoms with Crippen molar-refractivity contribution in [1.82, 2.24) is 19.4 Å². The zero-order valence-corrected chi connectivity index (χ0v) is 19.3. The smallest absolute Gasteiger partial charge is 0.251 e. The molecule has 0 radical (unpaired) electrons. The van der Waals surface area contributed by atoms with Gasteiger partial charge in [0.1, 0.15) is 0 Å². The maximum absolute atomic E-state index is 13.0.